The fourth-order valence-corrected chi connectivity index (χ4v) is 1.51. The highest BCUT2D eigenvalue weighted by molar-refractivity contribution is 14.1. The van der Waals surface area contributed by atoms with E-state index in [1.54, 1.807) is 6.20 Å². The van der Waals surface area contributed by atoms with Gasteiger partial charge in [-0.2, -0.15) is 0 Å². The summed E-state index contributed by atoms with van der Waals surface area (Å²) in [6, 6.07) is 11.7. The summed E-state index contributed by atoms with van der Waals surface area (Å²) in [7, 11) is 0. The first-order valence-electron chi connectivity index (χ1n) is 4.61. The average molecular weight is 311 g/mol. The lowest BCUT2D eigenvalue weighted by Gasteiger charge is -2.06. The second kappa shape index (κ2) is 4.61. The van der Waals surface area contributed by atoms with Gasteiger partial charge in [-0.25, -0.2) is 4.98 Å². The molecule has 0 atom stereocenters. The highest BCUT2D eigenvalue weighted by Gasteiger charge is 2.00. The van der Waals surface area contributed by atoms with Crippen LogP contribution in [0.15, 0.2) is 42.6 Å². The van der Waals surface area contributed by atoms with Crippen LogP contribution in [0.5, 0.6) is 11.5 Å². The van der Waals surface area contributed by atoms with Crippen LogP contribution in [0.4, 0.5) is 0 Å². The molecule has 0 radical (unpaired) electrons. The number of ether oxygens (including phenoxy) is 1. The van der Waals surface area contributed by atoms with E-state index >= 15 is 0 Å². The minimum absolute atomic E-state index is 0.777. The Morgan fingerprint density at radius 3 is 2.53 bits per heavy atom. The van der Waals surface area contributed by atoms with E-state index in [-0.39, 0.29) is 0 Å². The third kappa shape index (κ3) is 2.68. The molecule has 1 heterocycles. The van der Waals surface area contributed by atoms with Crippen molar-refractivity contribution in [2.75, 3.05) is 0 Å². The Morgan fingerprint density at radius 1 is 1.13 bits per heavy atom. The largest absolute Gasteiger partial charge is 0.456 e. The molecular formula is C12H10INO. The number of hydrogen-bond acceptors (Lipinski definition) is 2. The fraction of sp³-hybridized carbons (Fsp3) is 0.0833. The molecule has 0 fully saturated rings. The number of nitrogens with zero attached hydrogens (tertiary/aromatic N) is 1. The second-order valence-corrected chi connectivity index (χ2v) is 4.22. The molecule has 2 nitrogen and oxygen atoms in total. The van der Waals surface area contributed by atoms with Gasteiger partial charge in [0.1, 0.15) is 15.2 Å². The van der Waals surface area contributed by atoms with Crippen LogP contribution in [0, 0.1) is 10.6 Å². The van der Waals surface area contributed by atoms with Crippen molar-refractivity contribution in [3.05, 3.63) is 51.9 Å². The fourth-order valence-electron chi connectivity index (χ4n) is 1.21. The van der Waals surface area contributed by atoms with Crippen molar-refractivity contribution < 1.29 is 4.74 Å². The van der Waals surface area contributed by atoms with E-state index in [2.05, 4.69) is 27.6 Å². The summed E-state index contributed by atoms with van der Waals surface area (Å²) in [6.07, 6.45) is 1.74. The Kier molecular flexibility index (Phi) is 3.20. The van der Waals surface area contributed by atoms with Crippen molar-refractivity contribution >= 4 is 22.6 Å². The van der Waals surface area contributed by atoms with Crippen LogP contribution >= 0.6 is 22.6 Å². The Morgan fingerprint density at radius 2 is 1.87 bits per heavy atom. The molecule has 76 valence electrons. The zero-order valence-electron chi connectivity index (χ0n) is 8.27. The lowest BCUT2D eigenvalue weighted by atomic mass is 10.3. The first-order valence-corrected chi connectivity index (χ1v) is 5.68. The number of halogens is 1. The molecule has 0 saturated carbocycles. The van der Waals surface area contributed by atoms with E-state index in [1.165, 1.54) is 0 Å². The van der Waals surface area contributed by atoms with Crippen LogP contribution in [0.1, 0.15) is 5.56 Å². The Labute approximate surface area is 102 Å². The maximum atomic E-state index is 5.65. The molecule has 0 N–H and O–H groups in total. The predicted octanol–water partition coefficient (Wildman–Crippen LogP) is 3.79. The Bertz CT molecular complexity index is 456. The topological polar surface area (TPSA) is 22.1 Å². The van der Waals surface area contributed by atoms with Gasteiger partial charge in [-0.05, 0) is 53.3 Å². The van der Waals surface area contributed by atoms with Crippen molar-refractivity contribution in [1.29, 1.82) is 0 Å². The normalized spacial score (nSPS) is 10.0. The first-order chi connectivity index (χ1) is 7.25. The number of para-hydroxylation sites is 1. The van der Waals surface area contributed by atoms with Crippen LogP contribution in [0.3, 0.4) is 0 Å². The summed E-state index contributed by atoms with van der Waals surface area (Å²) >= 11 is 2.21. The number of aromatic nitrogens is 1. The number of aryl methyl sites for hydroxylation is 1. The van der Waals surface area contributed by atoms with E-state index in [1.807, 2.05) is 43.3 Å². The van der Waals surface area contributed by atoms with Crippen LogP contribution in [0.25, 0.3) is 0 Å². The maximum absolute atomic E-state index is 5.65. The van der Waals surface area contributed by atoms with Gasteiger partial charge in [0, 0.05) is 0 Å². The first kappa shape index (κ1) is 10.4. The molecule has 0 unspecified atom stereocenters. The van der Waals surface area contributed by atoms with Gasteiger partial charge in [0.25, 0.3) is 0 Å². The van der Waals surface area contributed by atoms with Gasteiger partial charge in [-0.15, -0.1) is 0 Å². The SMILES string of the molecule is Cc1cc(Oc2ccccc2)cnc1I. The molecular weight excluding hydrogens is 301 g/mol. The van der Waals surface area contributed by atoms with Gasteiger partial charge in [0.2, 0.25) is 0 Å². The quantitative estimate of drug-likeness (QED) is 0.622. The Balaban J connectivity index is 2.22. The van der Waals surface area contributed by atoms with Gasteiger partial charge < -0.3 is 4.74 Å². The molecule has 0 aliphatic heterocycles. The molecule has 1 aromatic heterocycles. The summed E-state index contributed by atoms with van der Waals surface area (Å²) in [5, 5.41) is 0. The number of hydrogen-bond donors (Lipinski definition) is 0. The van der Waals surface area contributed by atoms with Crippen molar-refractivity contribution in [3.8, 4) is 11.5 Å². The lowest BCUT2D eigenvalue weighted by Crippen LogP contribution is -1.89. The Hall–Kier alpha value is -1.10. The second-order valence-electron chi connectivity index (χ2n) is 3.19. The molecule has 3 heteroatoms. The van der Waals surface area contributed by atoms with Crippen LogP contribution in [-0.4, -0.2) is 4.98 Å². The minimum atomic E-state index is 0.777. The van der Waals surface area contributed by atoms with Gasteiger partial charge in [0.05, 0.1) is 6.20 Å². The van der Waals surface area contributed by atoms with Crippen molar-refractivity contribution in [1.82, 2.24) is 4.98 Å². The van der Waals surface area contributed by atoms with E-state index in [9.17, 15) is 0 Å². The molecule has 0 aliphatic rings. The predicted molar refractivity (Wildman–Crippen MR) is 68.2 cm³/mol. The summed E-state index contributed by atoms with van der Waals surface area (Å²) in [4.78, 5) is 4.24. The minimum Gasteiger partial charge on any atom is -0.456 e. The van der Waals surface area contributed by atoms with E-state index in [4.69, 9.17) is 4.74 Å². The zero-order chi connectivity index (χ0) is 10.7. The average Bonchev–Trinajstić information content (AvgIpc) is 2.25. The zero-order valence-corrected chi connectivity index (χ0v) is 10.4. The third-order valence-corrected chi connectivity index (χ3v) is 3.10. The van der Waals surface area contributed by atoms with Crippen LogP contribution in [-0.2, 0) is 0 Å². The van der Waals surface area contributed by atoms with Crippen molar-refractivity contribution in [2.45, 2.75) is 6.92 Å². The van der Waals surface area contributed by atoms with Crippen LogP contribution in [0.2, 0.25) is 0 Å². The van der Waals surface area contributed by atoms with Gasteiger partial charge in [-0.3, -0.25) is 0 Å². The highest BCUT2D eigenvalue weighted by atomic mass is 127. The molecule has 0 aliphatic carbocycles. The molecule has 0 saturated heterocycles. The smallest absolute Gasteiger partial charge is 0.146 e. The highest BCUT2D eigenvalue weighted by Crippen LogP contribution is 2.22. The monoisotopic (exact) mass is 311 g/mol. The molecule has 0 amide bonds. The van der Waals surface area contributed by atoms with E-state index < -0.39 is 0 Å². The number of rotatable bonds is 2. The number of benzene rings is 1. The third-order valence-electron chi connectivity index (χ3n) is 1.97. The summed E-state index contributed by atoms with van der Waals surface area (Å²) in [6.45, 7) is 2.02. The molecule has 0 spiro atoms. The summed E-state index contributed by atoms with van der Waals surface area (Å²) in [5.74, 6) is 1.61. The lowest BCUT2D eigenvalue weighted by molar-refractivity contribution is 0.479. The summed E-state index contributed by atoms with van der Waals surface area (Å²) < 4.78 is 6.66. The van der Waals surface area contributed by atoms with E-state index in [0.717, 1.165) is 20.8 Å². The van der Waals surface area contributed by atoms with Gasteiger partial charge in [0.15, 0.2) is 0 Å². The number of pyridine rings is 1. The van der Waals surface area contributed by atoms with Gasteiger partial charge in [-0.1, -0.05) is 18.2 Å². The molecule has 2 rings (SSSR count). The van der Waals surface area contributed by atoms with Crippen molar-refractivity contribution in [2.24, 2.45) is 0 Å². The molecule has 2 aromatic rings. The summed E-state index contributed by atoms with van der Waals surface area (Å²) in [5.41, 5.74) is 1.13. The molecule has 15 heavy (non-hydrogen) atoms. The molecule has 1 aromatic carbocycles. The van der Waals surface area contributed by atoms with Crippen molar-refractivity contribution in [3.63, 3.8) is 0 Å². The molecule has 0 bridgehead atoms. The van der Waals surface area contributed by atoms with E-state index in [0.29, 0.717) is 0 Å². The standard InChI is InChI=1S/C12H10INO/c1-9-7-11(8-14-12(9)13)15-10-5-3-2-4-6-10/h2-8H,1H3. The maximum Gasteiger partial charge on any atom is 0.146 e. The van der Waals surface area contributed by atoms with Gasteiger partial charge >= 0.3 is 0 Å². The van der Waals surface area contributed by atoms with Crippen LogP contribution < -0.4 is 4.74 Å².